The third-order valence-corrected chi connectivity index (χ3v) is 4.45. The standard InChI is InChI=1S/C14H20BrNO/c1-9-8-12(15)10(2)7-11(9)14(17)13-5-3-4-6-16-13/h7-8,13-14,16-17H,3-6H2,1-2H3. The fourth-order valence-corrected chi connectivity index (χ4v) is 2.94. The van der Waals surface area contributed by atoms with E-state index in [1.54, 1.807) is 0 Å². The number of aryl methyl sites for hydroxylation is 2. The summed E-state index contributed by atoms with van der Waals surface area (Å²) in [6.07, 6.45) is 3.11. The summed E-state index contributed by atoms with van der Waals surface area (Å²) in [6.45, 7) is 5.15. The Bertz CT molecular complexity index is 399. The van der Waals surface area contributed by atoms with Crippen LogP contribution in [0, 0.1) is 13.8 Å². The van der Waals surface area contributed by atoms with E-state index in [0.717, 1.165) is 28.6 Å². The molecule has 1 fully saturated rings. The molecule has 2 unspecified atom stereocenters. The Morgan fingerprint density at radius 1 is 1.29 bits per heavy atom. The summed E-state index contributed by atoms with van der Waals surface area (Å²) in [7, 11) is 0. The van der Waals surface area contributed by atoms with Crippen LogP contribution in [0.3, 0.4) is 0 Å². The Labute approximate surface area is 112 Å². The average Bonchev–Trinajstić information content (AvgIpc) is 2.34. The lowest BCUT2D eigenvalue weighted by Crippen LogP contribution is -2.39. The zero-order chi connectivity index (χ0) is 12.4. The van der Waals surface area contributed by atoms with Gasteiger partial charge in [0, 0.05) is 10.5 Å². The molecule has 0 saturated carbocycles. The Morgan fingerprint density at radius 2 is 2.06 bits per heavy atom. The number of aliphatic hydroxyl groups excluding tert-OH is 1. The van der Waals surface area contributed by atoms with Crippen LogP contribution in [0.15, 0.2) is 16.6 Å². The molecule has 0 bridgehead atoms. The van der Waals surface area contributed by atoms with Crippen molar-refractivity contribution in [3.63, 3.8) is 0 Å². The molecule has 1 aromatic carbocycles. The van der Waals surface area contributed by atoms with Crippen LogP contribution in [-0.4, -0.2) is 17.7 Å². The summed E-state index contributed by atoms with van der Waals surface area (Å²) < 4.78 is 1.11. The number of halogens is 1. The minimum Gasteiger partial charge on any atom is -0.387 e. The van der Waals surface area contributed by atoms with Crippen molar-refractivity contribution >= 4 is 15.9 Å². The number of hydrogen-bond donors (Lipinski definition) is 2. The molecule has 1 aliphatic rings. The molecule has 17 heavy (non-hydrogen) atoms. The van der Waals surface area contributed by atoms with Gasteiger partial charge in [-0.3, -0.25) is 0 Å². The second-order valence-electron chi connectivity index (χ2n) is 4.96. The predicted octanol–water partition coefficient (Wildman–Crippen LogP) is 3.24. The molecule has 94 valence electrons. The highest BCUT2D eigenvalue weighted by atomic mass is 79.9. The lowest BCUT2D eigenvalue weighted by Gasteiger charge is -2.29. The Kier molecular flexibility index (Phi) is 4.23. The van der Waals surface area contributed by atoms with Gasteiger partial charge in [-0.2, -0.15) is 0 Å². The summed E-state index contributed by atoms with van der Waals surface area (Å²) >= 11 is 3.53. The second-order valence-corrected chi connectivity index (χ2v) is 5.81. The third-order valence-electron chi connectivity index (χ3n) is 3.60. The summed E-state index contributed by atoms with van der Waals surface area (Å²) in [5.41, 5.74) is 3.40. The molecule has 2 N–H and O–H groups in total. The van der Waals surface area contributed by atoms with Crippen LogP contribution in [0.2, 0.25) is 0 Å². The van der Waals surface area contributed by atoms with Crippen molar-refractivity contribution in [2.45, 2.75) is 45.3 Å². The van der Waals surface area contributed by atoms with E-state index < -0.39 is 0 Å². The van der Waals surface area contributed by atoms with Crippen molar-refractivity contribution in [3.05, 3.63) is 33.3 Å². The van der Waals surface area contributed by atoms with Gasteiger partial charge in [0.2, 0.25) is 0 Å². The van der Waals surface area contributed by atoms with E-state index in [-0.39, 0.29) is 12.1 Å². The zero-order valence-corrected chi connectivity index (χ0v) is 12.0. The van der Waals surface area contributed by atoms with Crippen molar-refractivity contribution in [2.24, 2.45) is 0 Å². The highest BCUT2D eigenvalue weighted by Crippen LogP contribution is 2.29. The highest BCUT2D eigenvalue weighted by Gasteiger charge is 2.24. The molecule has 1 aliphatic heterocycles. The largest absolute Gasteiger partial charge is 0.387 e. The fraction of sp³-hybridized carbons (Fsp3) is 0.571. The molecule has 2 atom stereocenters. The van der Waals surface area contributed by atoms with Gasteiger partial charge in [0.25, 0.3) is 0 Å². The smallest absolute Gasteiger partial charge is 0.0945 e. The van der Waals surface area contributed by atoms with Gasteiger partial charge < -0.3 is 10.4 Å². The Morgan fingerprint density at radius 3 is 2.71 bits per heavy atom. The second kappa shape index (κ2) is 5.51. The van der Waals surface area contributed by atoms with E-state index in [9.17, 15) is 5.11 Å². The summed E-state index contributed by atoms with van der Waals surface area (Å²) in [6, 6.07) is 4.40. The Balaban J connectivity index is 2.23. The topological polar surface area (TPSA) is 32.3 Å². The van der Waals surface area contributed by atoms with E-state index >= 15 is 0 Å². The average molecular weight is 298 g/mol. The first-order valence-corrected chi connectivity index (χ1v) is 7.07. The number of hydrogen-bond acceptors (Lipinski definition) is 2. The minimum atomic E-state index is -0.387. The predicted molar refractivity (Wildman–Crippen MR) is 74.2 cm³/mol. The first-order valence-electron chi connectivity index (χ1n) is 6.27. The SMILES string of the molecule is Cc1cc(C(O)C2CCCCN2)c(C)cc1Br. The van der Waals surface area contributed by atoms with Crippen molar-refractivity contribution in [2.75, 3.05) is 6.54 Å². The summed E-state index contributed by atoms with van der Waals surface area (Å²) in [5, 5.41) is 13.9. The van der Waals surface area contributed by atoms with Gasteiger partial charge in [-0.1, -0.05) is 28.4 Å². The van der Waals surface area contributed by atoms with Gasteiger partial charge in [0.15, 0.2) is 0 Å². The number of benzene rings is 1. The molecule has 3 heteroatoms. The molecule has 1 aromatic rings. The van der Waals surface area contributed by atoms with Crippen LogP contribution >= 0.6 is 15.9 Å². The van der Waals surface area contributed by atoms with Crippen LogP contribution < -0.4 is 5.32 Å². The van der Waals surface area contributed by atoms with Gasteiger partial charge in [0.1, 0.15) is 0 Å². The van der Waals surface area contributed by atoms with Gasteiger partial charge in [-0.25, -0.2) is 0 Å². The van der Waals surface area contributed by atoms with E-state index in [1.807, 2.05) is 0 Å². The molecule has 0 aromatic heterocycles. The van der Waals surface area contributed by atoms with Crippen LogP contribution in [0.4, 0.5) is 0 Å². The molecule has 2 nitrogen and oxygen atoms in total. The third kappa shape index (κ3) is 2.90. The van der Waals surface area contributed by atoms with Gasteiger partial charge in [0.05, 0.1) is 6.10 Å². The lowest BCUT2D eigenvalue weighted by atomic mass is 9.91. The minimum absolute atomic E-state index is 0.211. The number of nitrogens with one attached hydrogen (secondary N) is 1. The number of rotatable bonds is 2. The summed E-state index contributed by atoms with van der Waals surface area (Å²) in [5.74, 6) is 0. The van der Waals surface area contributed by atoms with E-state index in [2.05, 4.69) is 47.2 Å². The van der Waals surface area contributed by atoms with E-state index in [1.165, 1.54) is 18.4 Å². The van der Waals surface area contributed by atoms with Crippen LogP contribution in [-0.2, 0) is 0 Å². The van der Waals surface area contributed by atoms with Crippen molar-refractivity contribution < 1.29 is 5.11 Å². The van der Waals surface area contributed by atoms with Crippen LogP contribution in [0.1, 0.15) is 42.1 Å². The van der Waals surface area contributed by atoms with Crippen LogP contribution in [0.5, 0.6) is 0 Å². The molecule has 2 rings (SSSR count). The first-order chi connectivity index (χ1) is 8.09. The normalized spacial score (nSPS) is 22.5. The molecule has 0 amide bonds. The number of aliphatic hydroxyl groups is 1. The molecular formula is C14H20BrNO. The highest BCUT2D eigenvalue weighted by molar-refractivity contribution is 9.10. The molecule has 1 saturated heterocycles. The Hall–Kier alpha value is -0.380. The molecule has 1 heterocycles. The van der Waals surface area contributed by atoms with Crippen molar-refractivity contribution in [3.8, 4) is 0 Å². The van der Waals surface area contributed by atoms with Crippen molar-refractivity contribution in [1.29, 1.82) is 0 Å². The van der Waals surface area contributed by atoms with Gasteiger partial charge >= 0.3 is 0 Å². The summed E-state index contributed by atoms with van der Waals surface area (Å²) in [4.78, 5) is 0. The molecule has 0 aliphatic carbocycles. The fourth-order valence-electron chi connectivity index (χ4n) is 2.49. The maximum absolute atomic E-state index is 10.5. The number of piperidine rings is 1. The molecular weight excluding hydrogens is 278 g/mol. The maximum atomic E-state index is 10.5. The molecule has 0 radical (unpaired) electrons. The maximum Gasteiger partial charge on any atom is 0.0945 e. The van der Waals surface area contributed by atoms with Gasteiger partial charge in [-0.15, -0.1) is 0 Å². The van der Waals surface area contributed by atoms with E-state index in [0.29, 0.717) is 0 Å². The van der Waals surface area contributed by atoms with Crippen molar-refractivity contribution in [1.82, 2.24) is 5.32 Å². The zero-order valence-electron chi connectivity index (χ0n) is 10.5. The quantitative estimate of drug-likeness (QED) is 0.878. The van der Waals surface area contributed by atoms with Gasteiger partial charge in [-0.05, 0) is 56.0 Å². The first kappa shape index (κ1) is 13.1. The van der Waals surface area contributed by atoms with Crippen LogP contribution in [0.25, 0.3) is 0 Å². The lowest BCUT2D eigenvalue weighted by molar-refractivity contribution is 0.113. The monoisotopic (exact) mass is 297 g/mol. The van der Waals surface area contributed by atoms with E-state index in [4.69, 9.17) is 0 Å². The molecule has 0 spiro atoms.